The molecular formula is C32H39N3O7S. The van der Waals surface area contributed by atoms with Crippen molar-refractivity contribution in [3.8, 4) is 17.2 Å². The molecule has 0 spiro atoms. The molecule has 0 radical (unpaired) electrons. The van der Waals surface area contributed by atoms with Crippen molar-refractivity contribution in [2.24, 2.45) is 4.99 Å². The molecule has 3 aromatic rings. The second-order valence-corrected chi connectivity index (χ2v) is 10.6. The van der Waals surface area contributed by atoms with Crippen molar-refractivity contribution >= 4 is 29.1 Å². The van der Waals surface area contributed by atoms with Crippen LogP contribution in [0.15, 0.2) is 57.5 Å². The molecule has 2 aromatic carbocycles. The number of carbonyl (C=O) groups is 1. The van der Waals surface area contributed by atoms with Crippen molar-refractivity contribution in [3.63, 3.8) is 0 Å². The zero-order chi connectivity index (χ0) is 31.1. The van der Waals surface area contributed by atoms with E-state index in [1.165, 1.54) is 23.0 Å². The number of fused-ring (bicyclic) bond motifs is 1. The fourth-order valence-electron chi connectivity index (χ4n) is 5.13. The summed E-state index contributed by atoms with van der Waals surface area (Å²) in [6.45, 7) is 10.2. The Morgan fingerprint density at radius 1 is 1.05 bits per heavy atom. The van der Waals surface area contributed by atoms with Crippen molar-refractivity contribution in [2.75, 3.05) is 59.1 Å². The highest BCUT2D eigenvalue weighted by molar-refractivity contribution is 7.07. The predicted octanol–water partition coefficient (Wildman–Crippen LogP) is 3.69. The Labute approximate surface area is 255 Å². The van der Waals surface area contributed by atoms with Gasteiger partial charge in [-0.05, 0) is 52.0 Å². The minimum absolute atomic E-state index is 0.0585. The second-order valence-electron chi connectivity index (χ2n) is 9.62. The SMILES string of the molecule is CCOc1c(OC)cccc1[C@@H]1C(C(=O)OCCOC)=C(C)N=c2s/c(=C/c3ccc(N(CC)CC)cc3OC)c(=O)n21. The number of nitrogens with zero attached hydrogens (tertiary/aromatic N) is 3. The number of esters is 1. The molecule has 0 amide bonds. The van der Waals surface area contributed by atoms with Gasteiger partial charge in [-0.15, -0.1) is 0 Å². The minimum atomic E-state index is -0.864. The first-order valence-electron chi connectivity index (χ1n) is 14.2. The number of ether oxygens (including phenoxy) is 5. The number of carbonyl (C=O) groups excluding carboxylic acids is 1. The lowest BCUT2D eigenvalue weighted by Gasteiger charge is -2.27. The normalized spacial score (nSPS) is 14.7. The quantitative estimate of drug-likeness (QED) is 0.214. The molecule has 43 heavy (non-hydrogen) atoms. The number of hydrogen-bond donors (Lipinski definition) is 0. The summed E-state index contributed by atoms with van der Waals surface area (Å²) in [7, 11) is 4.69. The van der Waals surface area contributed by atoms with E-state index >= 15 is 0 Å². The summed E-state index contributed by atoms with van der Waals surface area (Å²) in [5, 5.41) is 0. The third kappa shape index (κ3) is 6.47. The van der Waals surface area contributed by atoms with Crippen molar-refractivity contribution in [1.29, 1.82) is 0 Å². The number of thiazole rings is 1. The highest BCUT2D eigenvalue weighted by atomic mass is 32.1. The number of benzene rings is 2. The van der Waals surface area contributed by atoms with Crippen LogP contribution in [0.2, 0.25) is 0 Å². The summed E-state index contributed by atoms with van der Waals surface area (Å²) in [6.07, 6.45) is 1.80. The molecule has 1 atom stereocenters. The second kappa shape index (κ2) is 14.4. The number of para-hydroxylation sites is 1. The van der Waals surface area contributed by atoms with E-state index in [2.05, 4.69) is 18.7 Å². The van der Waals surface area contributed by atoms with Gasteiger partial charge in [-0.3, -0.25) is 9.36 Å². The summed E-state index contributed by atoms with van der Waals surface area (Å²) in [4.78, 5) is 35.1. The molecule has 2 heterocycles. The largest absolute Gasteiger partial charge is 0.496 e. The average molecular weight is 610 g/mol. The zero-order valence-corrected chi connectivity index (χ0v) is 26.6. The molecule has 0 bridgehead atoms. The summed E-state index contributed by atoms with van der Waals surface area (Å²) in [5.41, 5.74) is 2.77. The van der Waals surface area contributed by atoms with Crippen LogP contribution in [0.5, 0.6) is 17.2 Å². The summed E-state index contributed by atoms with van der Waals surface area (Å²) >= 11 is 1.25. The summed E-state index contributed by atoms with van der Waals surface area (Å²) in [5.74, 6) is 0.993. The molecular weight excluding hydrogens is 570 g/mol. The standard InChI is InChI=1S/C32H39N3O7S/c1-8-34(9-2)22-15-14-21(25(19-22)40-7)18-26-30(36)35-28(23-12-11-13-24(39-6)29(23)41-10-3)27(20(4)33-32(35)43-26)31(37)42-17-16-38-5/h11-15,18-19,28H,8-10,16-17H2,1-7H3/b26-18+/t28-/m1/s1. The number of allylic oxidation sites excluding steroid dienone is 1. The lowest BCUT2D eigenvalue weighted by Crippen LogP contribution is -2.40. The highest BCUT2D eigenvalue weighted by Crippen LogP contribution is 2.40. The molecule has 230 valence electrons. The van der Waals surface area contributed by atoms with Gasteiger partial charge in [0.05, 0.1) is 43.2 Å². The lowest BCUT2D eigenvalue weighted by molar-refractivity contribution is -0.140. The van der Waals surface area contributed by atoms with E-state index in [1.54, 1.807) is 39.4 Å². The van der Waals surface area contributed by atoms with Gasteiger partial charge in [0.15, 0.2) is 16.3 Å². The fourth-order valence-corrected chi connectivity index (χ4v) is 6.16. The van der Waals surface area contributed by atoms with E-state index in [0.717, 1.165) is 24.3 Å². The maximum atomic E-state index is 14.2. The number of anilines is 1. The highest BCUT2D eigenvalue weighted by Gasteiger charge is 2.36. The van der Waals surface area contributed by atoms with Crippen LogP contribution in [-0.2, 0) is 14.3 Å². The van der Waals surface area contributed by atoms with E-state index in [4.69, 9.17) is 28.7 Å². The maximum Gasteiger partial charge on any atom is 0.338 e. The Morgan fingerprint density at radius 3 is 2.44 bits per heavy atom. The molecule has 10 nitrogen and oxygen atoms in total. The summed E-state index contributed by atoms with van der Waals surface area (Å²) in [6, 6.07) is 10.5. The third-order valence-corrected chi connectivity index (χ3v) is 8.19. The van der Waals surface area contributed by atoms with Gasteiger partial charge < -0.3 is 28.6 Å². The monoisotopic (exact) mass is 609 g/mol. The first-order chi connectivity index (χ1) is 20.8. The topological polar surface area (TPSA) is 101 Å². The van der Waals surface area contributed by atoms with Gasteiger partial charge in [-0.2, -0.15) is 0 Å². The summed E-state index contributed by atoms with van der Waals surface area (Å²) < 4.78 is 29.9. The molecule has 1 aromatic heterocycles. The first-order valence-corrected chi connectivity index (χ1v) is 15.1. The van der Waals surface area contributed by atoms with Crippen LogP contribution in [0.1, 0.15) is 44.9 Å². The van der Waals surface area contributed by atoms with Gasteiger partial charge in [0.2, 0.25) is 0 Å². The van der Waals surface area contributed by atoms with Crippen molar-refractivity contribution in [2.45, 2.75) is 33.7 Å². The van der Waals surface area contributed by atoms with E-state index < -0.39 is 12.0 Å². The Kier molecular flexibility index (Phi) is 10.7. The molecule has 4 rings (SSSR count). The molecule has 0 unspecified atom stereocenters. The van der Waals surface area contributed by atoms with E-state index in [0.29, 0.717) is 44.4 Å². The predicted molar refractivity (Wildman–Crippen MR) is 167 cm³/mol. The Bertz CT molecular complexity index is 1670. The number of aromatic nitrogens is 1. The van der Waals surface area contributed by atoms with Crippen molar-refractivity contribution in [3.05, 3.63) is 78.5 Å². The first kappa shape index (κ1) is 31.8. The van der Waals surface area contributed by atoms with Gasteiger partial charge in [-0.1, -0.05) is 23.5 Å². The van der Waals surface area contributed by atoms with Gasteiger partial charge in [0, 0.05) is 43.1 Å². The van der Waals surface area contributed by atoms with Gasteiger partial charge in [0.1, 0.15) is 18.4 Å². The molecule has 0 saturated heterocycles. The van der Waals surface area contributed by atoms with Crippen molar-refractivity contribution < 1.29 is 28.5 Å². The minimum Gasteiger partial charge on any atom is -0.496 e. The smallest absolute Gasteiger partial charge is 0.338 e. The van der Waals surface area contributed by atoms with E-state index in [1.807, 2.05) is 31.2 Å². The van der Waals surface area contributed by atoms with Crippen LogP contribution in [0.25, 0.3) is 6.08 Å². The fraction of sp³-hybridized carbons (Fsp3) is 0.406. The third-order valence-electron chi connectivity index (χ3n) is 7.21. The van der Waals surface area contributed by atoms with E-state index in [-0.39, 0.29) is 24.3 Å². The molecule has 1 aliphatic heterocycles. The maximum absolute atomic E-state index is 14.2. The Hall–Kier alpha value is -4.09. The molecule has 11 heteroatoms. The molecule has 0 N–H and O–H groups in total. The molecule has 0 saturated carbocycles. The lowest BCUT2D eigenvalue weighted by atomic mass is 9.94. The zero-order valence-electron chi connectivity index (χ0n) is 25.8. The van der Waals surface area contributed by atoms with Crippen LogP contribution < -0.4 is 34.0 Å². The van der Waals surface area contributed by atoms with Gasteiger partial charge in [-0.25, -0.2) is 9.79 Å². The van der Waals surface area contributed by atoms with Crippen LogP contribution in [0, 0.1) is 0 Å². The molecule has 0 aliphatic carbocycles. The van der Waals surface area contributed by atoms with Crippen LogP contribution >= 0.6 is 11.3 Å². The Morgan fingerprint density at radius 2 is 1.79 bits per heavy atom. The van der Waals surface area contributed by atoms with Crippen LogP contribution in [0.4, 0.5) is 5.69 Å². The van der Waals surface area contributed by atoms with Crippen LogP contribution in [-0.4, -0.2) is 64.8 Å². The Balaban J connectivity index is 1.94. The molecule has 1 aliphatic rings. The van der Waals surface area contributed by atoms with Gasteiger partial charge >= 0.3 is 5.97 Å². The number of rotatable bonds is 13. The number of methoxy groups -OCH3 is 3. The van der Waals surface area contributed by atoms with E-state index in [9.17, 15) is 9.59 Å². The van der Waals surface area contributed by atoms with Gasteiger partial charge in [0.25, 0.3) is 5.56 Å². The molecule has 0 fully saturated rings. The number of hydrogen-bond acceptors (Lipinski definition) is 10. The van der Waals surface area contributed by atoms with Crippen LogP contribution in [0.3, 0.4) is 0 Å². The average Bonchev–Trinajstić information content (AvgIpc) is 3.31. The van der Waals surface area contributed by atoms with Crippen molar-refractivity contribution in [1.82, 2.24) is 4.57 Å².